The topological polar surface area (TPSA) is 119 Å². The fourth-order valence-electron chi connectivity index (χ4n) is 5.71. The number of carbonyl (C=O) groups excluding carboxylic acids is 1. The number of fused-ring (bicyclic) bond motifs is 1. The zero-order chi connectivity index (χ0) is 30.1. The van der Waals surface area contributed by atoms with Crippen molar-refractivity contribution >= 4 is 34.2 Å². The van der Waals surface area contributed by atoms with Gasteiger partial charge in [0.05, 0.1) is 6.20 Å². The molecule has 1 aliphatic carbocycles. The number of anilines is 1. The maximum atomic E-state index is 12.9. The number of benzene rings is 2. The highest BCUT2D eigenvalue weighted by molar-refractivity contribution is 7.90. The molecule has 0 spiro atoms. The molecule has 2 aliphatic rings. The third kappa shape index (κ3) is 6.60. The number of carbonyl (C=O) groups is 1. The molecule has 3 heterocycles. The number of hydrogen-bond acceptors (Lipinski definition) is 8. The zero-order valence-corrected chi connectivity index (χ0v) is 25.7. The SMILES string of the molecule is CB(Cc1ccccc1)N(CC1CCOCC1)c1nc(S(C)(=O)=O)nc2c(-c3ccc(C(=O)NC4CC4)c(C)c3)cnn12. The molecule has 12 heteroatoms. The second-order valence-electron chi connectivity index (χ2n) is 11.9. The van der Waals surface area contributed by atoms with Crippen LogP contribution in [-0.2, 0) is 20.9 Å². The van der Waals surface area contributed by atoms with E-state index in [0.717, 1.165) is 49.4 Å². The first-order valence-electron chi connectivity index (χ1n) is 14.9. The Labute approximate surface area is 252 Å². The molecule has 4 aromatic rings. The minimum absolute atomic E-state index is 0.00471. The van der Waals surface area contributed by atoms with E-state index in [-0.39, 0.29) is 24.0 Å². The first-order valence-corrected chi connectivity index (χ1v) is 16.8. The van der Waals surface area contributed by atoms with Crippen molar-refractivity contribution in [2.24, 2.45) is 5.92 Å². The van der Waals surface area contributed by atoms with Crippen molar-refractivity contribution < 1.29 is 17.9 Å². The Morgan fingerprint density at radius 1 is 1.09 bits per heavy atom. The zero-order valence-electron chi connectivity index (χ0n) is 24.9. The number of hydrogen-bond donors (Lipinski definition) is 1. The number of nitrogens with one attached hydrogen (secondary N) is 1. The Balaban J connectivity index is 1.43. The van der Waals surface area contributed by atoms with Crippen LogP contribution in [0.15, 0.2) is 59.9 Å². The molecular formula is C31H37BN6O4S. The Hall–Kier alpha value is -3.77. The standard InChI is InChI=1S/C31H37BN6O4S/c1-21-17-24(9-12-26(21)29(39)34-25-10-11-25)27-19-33-38-28(27)35-30(43(3,40)41)36-31(38)37(20-23-13-15-42-16-14-23)32(2)18-22-7-5-4-6-8-22/h4-9,12,17,19,23,25H,10-11,13-16,18,20H2,1-3H3,(H,34,39). The van der Waals surface area contributed by atoms with Crippen LogP contribution in [0, 0.1) is 12.8 Å². The molecule has 0 radical (unpaired) electrons. The van der Waals surface area contributed by atoms with Gasteiger partial charge in [-0.1, -0.05) is 54.9 Å². The number of nitrogens with zero attached hydrogens (tertiary/aromatic N) is 5. The Morgan fingerprint density at radius 3 is 2.51 bits per heavy atom. The fourth-order valence-corrected chi connectivity index (χ4v) is 6.21. The van der Waals surface area contributed by atoms with Gasteiger partial charge in [0.2, 0.25) is 15.8 Å². The lowest BCUT2D eigenvalue weighted by Gasteiger charge is -2.34. The number of amides is 1. The van der Waals surface area contributed by atoms with Gasteiger partial charge in [-0.05, 0) is 62.0 Å². The summed E-state index contributed by atoms with van der Waals surface area (Å²) in [5.74, 6) is 0.737. The minimum Gasteiger partial charge on any atom is -0.384 e. The van der Waals surface area contributed by atoms with Crippen molar-refractivity contribution in [3.8, 4) is 11.1 Å². The molecule has 2 fully saturated rings. The average Bonchev–Trinajstić information content (AvgIpc) is 3.70. The summed E-state index contributed by atoms with van der Waals surface area (Å²) in [6, 6.07) is 16.1. The maximum Gasteiger partial charge on any atom is 0.259 e. The maximum absolute atomic E-state index is 12.9. The van der Waals surface area contributed by atoms with E-state index < -0.39 is 9.84 Å². The lowest BCUT2D eigenvalue weighted by Crippen LogP contribution is -2.45. The van der Waals surface area contributed by atoms with Crippen molar-refractivity contribution in [2.75, 3.05) is 30.8 Å². The summed E-state index contributed by atoms with van der Waals surface area (Å²) < 4.78 is 33.1. The molecule has 1 aliphatic heterocycles. The Kier molecular flexibility index (Phi) is 8.24. The summed E-state index contributed by atoms with van der Waals surface area (Å²) in [7, 11) is -3.74. The number of ether oxygens (including phenoxy) is 1. The van der Waals surface area contributed by atoms with Crippen LogP contribution >= 0.6 is 0 Å². The highest BCUT2D eigenvalue weighted by Crippen LogP contribution is 2.30. The molecule has 2 aromatic carbocycles. The third-order valence-corrected chi connectivity index (χ3v) is 9.16. The van der Waals surface area contributed by atoms with Crippen molar-refractivity contribution in [2.45, 2.75) is 56.9 Å². The number of rotatable bonds is 10. The summed E-state index contributed by atoms with van der Waals surface area (Å²) >= 11 is 0. The second-order valence-corrected chi connectivity index (χ2v) is 13.8. The number of aryl methyl sites for hydroxylation is 1. The van der Waals surface area contributed by atoms with Crippen LogP contribution in [-0.4, -0.2) is 72.8 Å². The third-order valence-electron chi connectivity index (χ3n) is 8.32. The minimum atomic E-state index is -3.74. The lowest BCUT2D eigenvalue weighted by molar-refractivity contribution is 0.0689. The largest absolute Gasteiger partial charge is 0.384 e. The van der Waals surface area contributed by atoms with Crippen LogP contribution < -0.4 is 10.1 Å². The van der Waals surface area contributed by atoms with Gasteiger partial charge in [0.1, 0.15) is 0 Å². The monoisotopic (exact) mass is 600 g/mol. The van der Waals surface area contributed by atoms with Crippen LogP contribution in [0.3, 0.4) is 0 Å². The molecule has 0 unspecified atom stereocenters. The lowest BCUT2D eigenvalue weighted by atomic mass is 9.57. The van der Waals surface area contributed by atoms with Crippen LogP contribution in [0.4, 0.5) is 5.95 Å². The summed E-state index contributed by atoms with van der Waals surface area (Å²) in [4.78, 5) is 24.1. The number of aromatic nitrogens is 4. The molecule has 2 aromatic heterocycles. The highest BCUT2D eigenvalue weighted by Gasteiger charge is 2.30. The van der Waals surface area contributed by atoms with Crippen LogP contribution in [0.5, 0.6) is 0 Å². The van der Waals surface area contributed by atoms with E-state index in [2.05, 4.69) is 39.1 Å². The van der Waals surface area contributed by atoms with E-state index in [1.54, 1.807) is 10.7 Å². The van der Waals surface area contributed by atoms with Crippen molar-refractivity contribution in [1.29, 1.82) is 0 Å². The van der Waals surface area contributed by atoms with Crippen molar-refractivity contribution in [3.05, 3.63) is 71.4 Å². The molecule has 0 bridgehead atoms. The van der Waals surface area contributed by atoms with Crippen LogP contribution in [0.25, 0.3) is 16.8 Å². The van der Waals surface area contributed by atoms with Gasteiger partial charge in [0.15, 0.2) is 5.65 Å². The molecule has 10 nitrogen and oxygen atoms in total. The predicted molar refractivity (Wildman–Crippen MR) is 167 cm³/mol. The van der Waals surface area contributed by atoms with Gasteiger partial charge < -0.3 is 14.9 Å². The first-order chi connectivity index (χ1) is 20.7. The van der Waals surface area contributed by atoms with E-state index in [1.807, 2.05) is 43.3 Å². The van der Waals surface area contributed by atoms with Gasteiger partial charge in [0.25, 0.3) is 17.9 Å². The first kappa shape index (κ1) is 29.3. The number of sulfone groups is 1. The van der Waals surface area contributed by atoms with Crippen LogP contribution in [0.2, 0.25) is 6.82 Å². The van der Waals surface area contributed by atoms with Crippen molar-refractivity contribution in [1.82, 2.24) is 24.9 Å². The molecule has 1 N–H and O–H groups in total. The van der Waals surface area contributed by atoms with E-state index in [0.29, 0.717) is 48.4 Å². The molecule has 43 heavy (non-hydrogen) atoms. The molecule has 0 atom stereocenters. The molecule has 224 valence electrons. The van der Waals surface area contributed by atoms with Gasteiger partial charge in [-0.3, -0.25) is 4.79 Å². The van der Waals surface area contributed by atoms with E-state index in [4.69, 9.17) is 9.84 Å². The molecule has 1 saturated carbocycles. The summed E-state index contributed by atoms with van der Waals surface area (Å²) in [6.07, 6.45) is 7.47. The fraction of sp³-hybridized carbons (Fsp3) is 0.419. The van der Waals surface area contributed by atoms with E-state index in [1.165, 1.54) is 5.56 Å². The van der Waals surface area contributed by atoms with Gasteiger partial charge in [-0.25, -0.2) is 8.42 Å². The summed E-state index contributed by atoms with van der Waals surface area (Å²) in [5, 5.41) is 7.51. The molecule has 1 saturated heterocycles. The second kappa shape index (κ2) is 12.1. The van der Waals surface area contributed by atoms with E-state index in [9.17, 15) is 13.2 Å². The highest BCUT2D eigenvalue weighted by atomic mass is 32.2. The van der Waals surface area contributed by atoms with Gasteiger partial charge in [-0.15, -0.1) is 0 Å². The van der Waals surface area contributed by atoms with Crippen LogP contribution in [0.1, 0.15) is 47.2 Å². The Bertz CT molecular complexity index is 1740. The Morgan fingerprint density at radius 2 is 1.84 bits per heavy atom. The normalized spacial score (nSPS) is 15.9. The van der Waals surface area contributed by atoms with Gasteiger partial charge in [-0.2, -0.15) is 19.6 Å². The smallest absolute Gasteiger partial charge is 0.259 e. The summed E-state index contributed by atoms with van der Waals surface area (Å²) in [6.45, 7) is 6.14. The molecule has 6 rings (SSSR count). The molecular weight excluding hydrogens is 563 g/mol. The summed E-state index contributed by atoms with van der Waals surface area (Å²) in [5.41, 5.74) is 4.51. The van der Waals surface area contributed by atoms with Gasteiger partial charge in [0, 0.05) is 43.2 Å². The van der Waals surface area contributed by atoms with Gasteiger partial charge >= 0.3 is 0 Å². The van der Waals surface area contributed by atoms with E-state index >= 15 is 0 Å². The van der Waals surface area contributed by atoms with Crippen molar-refractivity contribution in [3.63, 3.8) is 0 Å². The quantitative estimate of drug-likeness (QED) is 0.271. The molecule has 1 amide bonds. The average molecular weight is 601 g/mol. The predicted octanol–water partition coefficient (Wildman–Crippen LogP) is 4.03.